The first-order valence-corrected chi connectivity index (χ1v) is 9.41. The molecule has 8 heteroatoms. The van der Waals surface area contributed by atoms with Gasteiger partial charge in [0.2, 0.25) is 0 Å². The van der Waals surface area contributed by atoms with Crippen LogP contribution < -0.4 is 10.2 Å². The van der Waals surface area contributed by atoms with Crippen molar-refractivity contribution in [2.75, 3.05) is 6.61 Å². The first kappa shape index (κ1) is 19.6. The van der Waals surface area contributed by atoms with Crippen LogP contribution in [-0.4, -0.2) is 33.6 Å². The van der Waals surface area contributed by atoms with Gasteiger partial charge in [-0.1, -0.05) is 28.1 Å². The van der Waals surface area contributed by atoms with E-state index in [-0.39, 0.29) is 11.4 Å². The predicted octanol–water partition coefficient (Wildman–Crippen LogP) is 3.56. The fraction of sp³-hybridized carbons (Fsp3) is 0.150. The minimum absolute atomic E-state index is 0.0174. The molecule has 0 aliphatic rings. The number of amides is 1. The van der Waals surface area contributed by atoms with Gasteiger partial charge in [-0.25, -0.2) is 5.43 Å². The minimum atomic E-state index is -0.416. The van der Waals surface area contributed by atoms with Crippen molar-refractivity contribution in [3.63, 3.8) is 0 Å². The van der Waals surface area contributed by atoms with Crippen molar-refractivity contribution in [3.05, 3.63) is 76.0 Å². The third-order valence-corrected chi connectivity index (χ3v) is 4.32. The van der Waals surface area contributed by atoms with Crippen LogP contribution in [0.5, 0.6) is 11.5 Å². The molecule has 7 nitrogen and oxygen atoms in total. The summed E-state index contributed by atoms with van der Waals surface area (Å²) in [6.45, 7) is 2.87. The topological polar surface area (TPSA) is 88.7 Å². The lowest BCUT2D eigenvalue weighted by atomic mass is 10.2. The molecule has 1 aromatic heterocycles. The van der Waals surface area contributed by atoms with Crippen molar-refractivity contribution in [1.29, 1.82) is 0 Å². The van der Waals surface area contributed by atoms with Crippen molar-refractivity contribution < 1.29 is 14.6 Å². The average molecular weight is 443 g/mol. The predicted molar refractivity (Wildman–Crippen MR) is 110 cm³/mol. The Morgan fingerprint density at radius 3 is 2.79 bits per heavy atom. The van der Waals surface area contributed by atoms with Crippen LogP contribution in [-0.2, 0) is 6.54 Å². The lowest BCUT2D eigenvalue weighted by molar-refractivity contribution is 0.0949. The Labute approximate surface area is 170 Å². The highest BCUT2D eigenvalue weighted by Crippen LogP contribution is 2.26. The van der Waals surface area contributed by atoms with Gasteiger partial charge >= 0.3 is 0 Å². The molecule has 0 aliphatic carbocycles. The highest BCUT2D eigenvalue weighted by molar-refractivity contribution is 9.10. The second kappa shape index (κ2) is 9.18. The number of aromatic nitrogens is 2. The number of ether oxygens (including phenoxy) is 1. The van der Waals surface area contributed by atoms with Gasteiger partial charge in [0.25, 0.3) is 5.91 Å². The van der Waals surface area contributed by atoms with Gasteiger partial charge < -0.3 is 9.84 Å². The van der Waals surface area contributed by atoms with Gasteiger partial charge in [-0.3, -0.25) is 9.48 Å². The lowest BCUT2D eigenvalue weighted by Gasteiger charge is -2.05. The average Bonchev–Trinajstić information content (AvgIpc) is 3.14. The number of hydrogen-bond acceptors (Lipinski definition) is 5. The second-order valence-electron chi connectivity index (χ2n) is 5.88. The molecule has 0 saturated heterocycles. The molecule has 0 aliphatic heterocycles. The number of nitrogens with one attached hydrogen (secondary N) is 1. The summed E-state index contributed by atoms with van der Waals surface area (Å²) < 4.78 is 7.96. The molecule has 0 bridgehead atoms. The van der Waals surface area contributed by atoms with Crippen LogP contribution in [0, 0.1) is 0 Å². The lowest BCUT2D eigenvalue weighted by Crippen LogP contribution is -2.18. The van der Waals surface area contributed by atoms with Gasteiger partial charge in [-0.2, -0.15) is 10.2 Å². The Kier molecular flexibility index (Phi) is 6.44. The summed E-state index contributed by atoms with van der Waals surface area (Å²) in [6.07, 6.45) is 3.18. The van der Waals surface area contributed by atoms with Crippen LogP contribution in [0.4, 0.5) is 0 Å². The van der Waals surface area contributed by atoms with E-state index in [9.17, 15) is 9.90 Å². The molecule has 0 radical (unpaired) electrons. The zero-order valence-electron chi connectivity index (χ0n) is 15.2. The van der Waals surface area contributed by atoms with E-state index in [1.807, 2.05) is 31.2 Å². The van der Waals surface area contributed by atoms with Gasteiger partial charge in [0.1, 0.15) is 0 Å². The minimum Gasteiger partial charge on any atom is -0.504 e. The first-order valence-electron chi connectivity index (χ1n) is 8.62. The van der Waals surface area contributed by atoms with Gasteiger partial charge in [0.05, 0.1) is 19.4 Å². The van der Waals surface area contributed by atoms with E-state index in [0.717, 1.165) is 10.0 Å². The number of phenolic OH excluding ortho intramolecular Hbond substituents is 1. The molecule has 2 aromatic carbocycles. The smallest absolute Gasteiger partial charge is 0.291 e. The summed E-state index contributed by atoms with van der Waals surface area (Å²) in [6, 6.07) is 14.4. The molecule has 1 amide bonds. The monoisotopic (exact) mass is 442 g/mol. The highest BCUT2D eigenvalue weighted by atomic mass is 79.9. The molecule has 0 spiro atoms. The van der Waals surface area contributed by atoms with Gasteiger partial charge in [-0.05, 0) is 54.4 Å². The zero-order chi connectivity index (χ0) is 19.9. The summed E-state index contributed by atoms with van der Waals surface area (Å²) >= 11 is 3.40. The Balaban J connectivity index is 1.57. The summed E-state index contributed by atoms with van der Waals surface area (Å²) in [4.78, 5) is 12.2. The molecule has 0 unspecified atom stereocenters. The van der Waals surface area contributed by atoms with Crippen molar-refractivity contribution >= 4 is 28.1 Å². The van der Waals surface area contributed by atoms with E-state index in [1.165, 1.54) is 12.3 Å². The summed E-state index contributed by atoms with van der Waals surface area (Å²) in [7, 11) is 0. The van der Waals surface area contributed by atoms with E-state index in [1.54, 1.807) is 29.1 Å². The summed E-state index contributed by atoms with van der Waals surface area (Å²) in [5, 5.41) is 18.0. The number of hydrogen-bond donors (Lipinski definition) is 2. The fourth-order valence-corrected chi connectivity index (χ4v) is 2.73. The summed E-state index contributed by atoms with van der Waals surface area (Å²) in [5.74, 6) is 0.00442. The normalized spacial score (nSPS) is 10.9. The van der Waals surface area contributed by atoms with Crippen LogP contribution in [0.1, 0.15) is 28.5 Å². The molecule has 3 rings (SSSR count). The summed E-state index contributed by atoms with van der Waals surface area (Å²) in [5.41, 5.74) is 4.40. The number of halogens is 1. The number of benzene rings is 2. The molecule has 3 aromatic rings. The number of hydrazone groups is 1. The van der Waals surface area contributed by atoms with Crippen molar-refractivity contribution in [2.45, 2.75) is 13.5 Å². The number of aromatic hydroxyl groups is 1. The fourth-order valence-electron chi connectivity index (χ4n) is 2.46. The Hall–Kier alpha value is -3.13. The van der Waals surface area contributed by atoms with E-state index >= 15 is 0 Å². The van der Waals surface area contributed by atoms with E-state index in [4.69, 9.17) is 4.74 Å². The molecule has 1 heterocycles. The zero-order valence-corrected chi connectivity index (χ0v) is 16.8. The van der Waals surface area contributed by atoms with E-state index in [2.05, 4.69) is 31.6 Å². The first-order chi connectivity index (χ1) is 13.5. The maximum atomic E-state index is 12.2. The van der Waals surface area contributed by atoms with Crippen LogP contribution in [0.2, 0.25) is 0 Å². The SMILES string of the molecule is CCOc1ccc(/C=N\NC(=O)c2ccn(Cc3ccc(Br)cc3)n2)cc1O. The standard InChI is InChI=1S/C20H19BrN4O3/c1-2-28-19-8-5-15(11-18(19)26)12-22-23-20(27)17-9-10-25(24-17)13-14-3-6-16(21)7-4-14/h3-12,26H,2,13H2,1H3,(H,23,27)/b22-12-. The van der Waals surface area contributed by atoms with Crippen molar-refractivity contribution in [2.24, 2.45) is 5.10 Å². The highest BCUT2D eigenvalue weighted by Gasteiger charge is 2.09. The maximum Gasteiger partial charge on any atom is 0.291 e. The van der Waals surface area contributed by atoms with Gasteiger partial charge in [-0.15, -0.1) is 0 Å². The van der Waals surface area contributed by atoms with Gasteiger partial charge in [0, 0.05) is 10.7 Å². The van der Waals surface area contributed by atoms with Gasteiger partial charge in [0.15, 0.2) is 17.2 Å². The van der Waals surface area contributed by atoms with Crippen LogP contribution in [0.3, 0.4) is 0 Å². The number of carbonyl (C=O) groups is 1. The largest absolute Gasteiger partial charge is 0.504 e. The number of nitrogens with zero attached hydrogens (tertiary/aromatic N) is 3. The second-order valence-corrected chi connectivity index (χ2v) is 6.80. The molecule has 2 N–H and O–H groups in total. The molecular weight excluding hydrogens is 424 g/mol. The van der Waals surface area contributed by atoms with Crippen LogP contribution in [0.25, 0.3) is 0 Å². The number of carbonyl (C=O) groups excluding carboxylic acids is 1. The molecule has 0 saturated carbocycles. The van der Waals surface area contributed by atoms with Crippen molar-refractivity contribution in [1.82, 2.24) is 15.2 Å². The van der Waals surface area contributed by atoms with Crippen LogP contribution in [0.15, 0.2) is 64.3 Å². The molecule has 0 atom stereocenters. The third kappa shape index (κ3) is 5.20. The van der Waals surface area contributed by atoms with Crippen LogP contribution >= 0.6 is 15.9 Å². The Morgan fingerprint density at radius 1 is 1.29 bits per heavy atom. The molecule has 0 fully saturated rings. The third-order valence-electron chi connectivity index (χ3n) is 3.79. The molecular formula is C20H19BrN4O3. The maximum absolute atomic E-state index is 12.2. The van der Waals surface area contributed by atoms with E-state index < -0.39 is 5.91 Å². The Morgan fingerprint density at radius 2 is 2.07 bits per heavy atom. The quantitative estimate of drug-likeness (QED) is 0.432. The Bertz CT molecular complexity index is 983. The number of rotatable bonds is 7. The molecule has 28 heavy (non-hydrogen) atoms. The molecule has 144 valence electrons. The van der Waals surface area contributed by atoms with E-state index in [0.29, 0.717) is 24.5 Å². The number of phenols is 1. The van der Waals surface area contributed by atoms with Crippen molar-refractivity contribution in [3.8, 4) is 11.5 Å².